The lowest BCUT2D eigenvalue weighted by Gasteiger charge is -2.34. The van der Waals surface area contributed by atoms with Crippen LogP contribution in [0, 0.1) is 0 Å². The van der Waals surface area contributed by atoms with Gasteiger partial charge in [0.1, 0.15) is 5.82 Å². The lowest BCUT2D eigenvalue weighted by Crippen LogP contribution is -2.48. The highest BCUT2D eigenvalue weighted by molar-refractivity contribution is 4.92. The first-order valence-corrected chi connectivity index (χ1v) is 6.38. The second-order valence-electron chi connectivity index (χ2n) is 5.39. The van der Waals surface area contributed by atoms with E-state index in [9.17, 15) is 5.11 Å². The van der Waals surface area contributed by atoms with Crippen molar-refractivity contribution in [3.05, 3.63) is 18.2 Å². The second-order valence-corrected chi connectivity index (χ2v) is 5.39. The van der Waals surface area contributed by atoms with Crippen LogP contribution in [0.25, 0.3) is 0 Å². The first-order valence-electron chi connectivity index (χ1n) is 6.38. The number of hydrogen-bond acceptors (Lipinski definition) is 4. The van der Waals surface area contributed by atoms with Crippen molar-refractivity contribution in [2.75, 3.05) is 20.7 Å². The molecular formula is C13H26N4O. The van der Waals surface area contributed by atoms with E-state index in [1.807, 2.05) is 38.0 Å². The van der Waals surface area contributed by atoms with Gasteiger partial charge < -0.3 is 15.0 Å². The van der Waals surface area contributed by atoms with E-state index in [-0.39, 0.29) is 12.1 Å². The molecule has 0 fully saturated rings. The molecule has 0 aliphatic rings. The number of hydrogen-bond donors (Lipinski definition) is 2. The topological polar surface area (TPSA) is 53.3 Å². The Kier molecular flexibility index (Phi) is 5.31. The molecule has 0 spiro atoms. The molecule has 1 rings (SSSR count). The van der Waals surface area contributed by atoms with Gasteiger partial charge in [-0.3, -0.25) is 4.90 Å². The third kappa shape index (κ3) is 3.80. The van der Waals surface area contributed by atoms with Gasteiger partial charge in [0.15, 0.2) is 0 Å². The van der Waals surface area contributed by atoms with Gasteiger partial charge in [-0.1, -0.05) is 0 Å². The molecule has 1 aromatic heterocycles. The number of nitrogens with one attached hydrogen (secondary N) is 1. The molecular weight excluding hydrogens is 228 g/mol. The Bertz CT molecular complexity index is 360. The standard InChI is InChI=1S/C13H26N4O/c1-11(8-13(2,10-18)14-3)17(5)9-12-15-6-7-16(12)4/h6-7,11,14,18H,8-10H2,1-5H3. The van der Waals surface area contributed by atoms with Crippen LogP contribution in [-0.4, -0.2) is 51.8 Å². The minimum atomic E-state index is -0.227. The van der Waals surface area contributed by atoms with Crippen LogP contribution >= 0.6 is 0 Å². The number of rotatable bonds is 7. The molecule has 0 bridgehead atoms. The average Bonchev–Trinajstić information content (AvgIpc) is 2.74. The Balaban J connectivity index is 2.56. The molecule has 0 aliphatic heterocycles. The Morgan fingerprint density at radius 2 is 2.28 bits per heavy atom. The largest absolute Gasteiger partial charge is 0.394 e. The summed E-state index contributed by atoms with van der Waals surface area (Å²) in [7, 11) is 5.99. The van der Waals surface area contributed by atoms with Gasteiger partial charge in [0, 0.05) is 31.0 Å². The molecule has 2 atom stereocenters. The maximum absolute atomic E-state index is 9.42. The van der Waals surface area contributed by atoms with Gasteiger partial charge in [-0.25, -0.2) is 4.98 Å². The molecule has 0 radical (unpaired) electrons. The first kappa shape index (κ1) is 15.1. The van der Waals surface area contributed by atoms with E-state index in [0.29, 0.717) is 6.04 Å². The molecule has 5 nitrogen and oxygen atoms in total. The van der Waals surface area contributed by atoms with Crippen molar-refractivity contribution in [3.8, 4) is 0 Å². The Labute approximate surface area is 110 Å². The fraction of sp³-hybridized carbons (Fsp3) is 0.769. The molecule has 2 unspecified atom stereocenters. The molecule has 0 amide bonds. The van der Waals surface area contributed by atoms with Crippen molar-refractivity contribution in [2.24, 2.45) is 7.05 Å². The summed E-state index contributed by atoms with van der Waals surface area (Å²) in [6.45, 7) is 5.17. The minimum absolute atomic E-state index is 0.143. The monoisotopic (exact) mass is 254 g/mol. The maximum Gasteiger partial charge on any atom is 0.122 e. The smallest absolute Gasteiger partial charge is 0.122 e. The van der Waals surface area contributed by atoms with Crippen LogP contribution in [0.5, 0.6) is 0 Å². The summed E-state index contributed by atoms with van der Waals surface area (Å²) in [6.07, 6.45) is 4.67. The van der Waals surface area contributed by atoms with Gasteiger partial charge in [-0.15, -0.1) is 0 Å². The fourth-order valence-corrected chi connectivity index (χ4v) is 1.98. The molecule has 5 heteroatoms. The number of likely N-dealkylation sites (N-methyl/N-ethyl adjacent to an activating group) is 1. The van der Waals surface area contributed by atoms with Crippen LogP contribution in [0.15, 0.2) is 12.4 Å². The van der Waals surface area contributed by atoms with Gasteiger partial charge >= 0.3 is 0 Å². The van der Waals surface area contributed by atoms with Crippen LogP contribution < -0.4 is 5.32 Å². The third-order valence-electron chi connectivity index (χ3n) is 3.76. The SMILES string of the molecule is CNC(C)(CO)CC(C)N(C)Cc1nccn1C. The summed E-state index contributed by atoms with van der Waals surface area (Å²) in [4.78, 5) is 6.59. The minimum Gasteiger partial charge on any atom is -0.394 e. The van der Waals surface area contributed by atoms with Gasteiger partial charge in [0.2, 0.25) is 0 Å². The van der Waals surface area contributed by atoms with Gasteiger partial charge in [0.05, 0.1) is 13.2 Å². The lowest BCUT2D eigenvalue weighted by molar-refractivity contribution is 0.128. The molecule has 0 saturated heterocycles. The molecule has 0 aliphatic carbocycles. The molecule has 0 aromatic carbocycles. The molecule has 2 N–H and O–H groups in total. The van der Waals surface area contributed by atoms with Crippen LogP contribution in [0.3, 0.4) is 0 Å². The van der Waals surface area contributed by atoms with E-state index in [2.05, 4.69) is 29.2 Å². The van der Waals surface area contributed by atoms with Crippen LogP contribution in [0.2, 0.25) is 0 Å². The quantitative estimate of drug-likeness (QED) is 0.748. The van der Waals surface area contributed by atoms with E-state index in [1.54, 1.807) is 0 Å². The highest BCUT2D eigenvalue weighted by Gasteiger charge is 2.25. The molecule has 104 valence electrons. The summed E-state index contributed by atoms with van der Waals surface area (Å²) in [6, 6.07) is 0.367. The molecule has 1 heterocycles. The van der Waals surface area contributed by atoms with Crippen molar-refractivity contribution in [1.29, 1.82) is 0 Å². The number of aliphatic hydroxyl groups excluding tert-OH is 1. The van der Waals surface area contributed by atoms with Crippen molar-refractivity contribution < 1.29 is 5.11 Å². The highest BCUT2D eigenvalue weighted by atomic mass is 16.3. The van der Waals surface area contributed by atoms with Gasteiger partial charge in [-0.05, 0) is 34.4 Å². The van der Waals surface area contributed by atoms with Crippen LogP contribution in [-0.2, 0) is 13.6 Å². The number of aliphatic hydroxyl groups is 1. The van der Waals surface area contributed by atoms with Crippen molar-refractivity contribution >= 4 is 0 Å². The number of imidazole rings is 1. The molecule has 18 heavy (non-hydrogen) atoms. The fourth-order valence-electron chi connectivity index (χ4n) is 1.98. The van der Waals surface area contributed by atoms with Gasteiger partial charge in [-0.2, -0.15) is 0 Å². The molecule has 0 saturated carbocycles. The predicted molar refractivity (Wildman–Crippen MR) is 73.3 cm³/mol. The zero-order chi connectivity index (χ0) is 13.8. The maximum atomic E-state index is 9.42. The predicted octanol–water partition coefficient (Wildman–Crippen LogP) is 0.601. The Morgan fingerprint density at radius 1 is 1.61 bits per heavy atom. The zero-order valence-corrected chi connectivity index (χ0v) is 12.1. The number of nitrogens with zero attached hydrogens (tertiary/aromatic N) is 3. The third-order valence-corrected chi connectivity index (χ3v) is 3.76. The highest BCUT2D eigenvalue weighted by Crippen LogP contribution is 2.16. The summed E-state index contributed by atoms with van der Waals surface area (Å²) in [5.41, 5.74) is -0.227. The van der Waals surface area contributed by atoms with Gasteiger partial charge in [0.25, 0.3) is 0 Å². The Morgan fingerprint density at radius 3 is 2.72 bits per heavy atom. The summed E-state index contributed by atoms with van der Waals surface area (Å²) >= 11 is 0. The number of aromatic nitrogens is 2. The summed E-state index contributed by atoms with van der Waals surface area (Å²) in [5.74, 6) is 1.06. The first-order chi connectivity index (χ1) is 8.41. The van der Waals surface area contributed by atoms with Crippen molar-refractivity contribution in [1.82, 2.24) is 19.8 Å². The van der Waals surface area contributed by atoms with E-state index in [0.717, 1.165) is 18.8 Å². The van der Waals surface area contributed by atoms with E-state index < -0.39 is 0 Å². The lowest BCUT2D eigenvalue weighted by atomic mass is 9.94. The second kappa shape index (κ2) is 6.31. The van der Waals surface area contributed by atoms with Crippen molar-refractivity contribution in [2.45, 2.75) is 38.4 Å². The molecule has 1 aromatic rings. The average molecular weight is 254 g/mol. The summed E-state index contributed by atoms with van der Waals surface area (Å²) in [5, 5.41) is 12.6. The van der Waals surface area contributed by atoms with Crippen molar-refractivity contribution in [3.63, 3.8) is 0 Å². The van der Waals surface area contributed by atoms with E-state index >= 15 is 0 Å². The van der Waals surface area contributed by atoms with E-state index in [4.69, 9.17) is 0 Å². The Hall–Kier alpha value is -0.910. The normalized spacial score (nSPS) is 16.8. The van der Waals surface area contributed by atoms with Crippen LogP contribution in [0.4, 0.5) is 0 Å². The summed E-state index contributed by atoms with van der Waals surface area (Å²) < 4.78 is 2.03. The number of aryl methyl sites for hydroxylation is 1. The zero-order valence-electron chi connectivity index (χ0n) is 12.1. The van der Waals surface area contributed by atoms with Crippen LogP contribution in [0.1, 0.15) is 26.1 Å². The van der Waals surface area contributed by atoms with E-state index in [1.165, 1.54) is 0 Å².